The van der Waals surface area contributed by atoms with E-state index in [1.807, 2.05) is 78.9 Å². The van der Waals surface area contributed by atoms with Gasteiger partial charge in [-0.3, -0.25) is 14.6 Å². The first kappa shape index (κ1) is 39.1. The number of nitrogens with zero attached hydrogens (tertiary/aromatic N) is 3. The number of hydrogen-bond donors (Lipinski definition) is 3. The Labute approximate surface area is 320 Å². The second-order valence-electron chi connectivity index (χ2n) is 15.2. The van der Waals surface area contributed by atoms with Crippen LogP contribution in [0.2, 0.25) is 0 Å². The number of amides is 2. The van der Waals surface area contributed by atoms with Gasteiger partial charge in [0.05, 0.1) is 4.90 Å². The Hall–Kier alpha value is -4.58. The van der Waals surface area contributed by atoms with Crippen LogP contribution in [-0.2, 0) is 32.5 Å². The van der Waals surface area contributed by atoms with E-state index in [9.17, 15) is 18.0 Å². The Balaban J connectivity index is 1.16. The van der Waals surface area contributed by atoms with Crippen molar-refractivity contribution in [3.8, 4) is 0 Å². The lowest BCUT2D eigenvalue weighted by Crippen LogP contribution is -2.55. The summed E-state index contributed by atoms with van der Waals surface area (Å²) < 4.78 is 30.2. The highest BCUT2D eigenvalue weighted by Crippen LogP contribution is 2.29. The summed E-state index contributed by atoms with van der Waals surface area (Å²) in [6, 6.07) is 27.3. The fourth-order valence-corrected chi connectivity index (χ4v) is 8.97. The monoisotopic (exact) mass is 750 g/mol. The standard InChI is InChI=1S/C43H54N6O4S/c1-48(2)30-34-16-14-33(15-17-34)29-45-41(44)36-20-18-32(19-21-36)27-40(43(51)49-24-8-9-25-49)46-42(50)39(26-31-10-4-3-5-11-31)47-54(52,53)38-23-22-35-12-6-7-13-37(35)28-38/h3-7,10-13,18-23,28,33-34,39-40,47H,8-9,14-17,24-27,29-30H2,1-2H3,(H2,44,45)(H,46,50)/t33?,34?,39-,40+/m0/s1. The average molecular weight is 751 g/mol. The van der Waals surface area contributed by atoms with E-state index in [4.69, 9.17) is 10.7 Å². The van der Waals surface area contributed by atoms with E-state index in [2.05, 4.69) is 29.0 Å². The van der Waals surface area contributed by atoms with Crippen LogP contribution in [0.3, 0.4) is 0 Å². The number of likely N-dealkylation sites (tertiary alicyclic amines) is 1. The molecular weight excluding hydrogens is 697 g/mol. The maximum atomic E-state index is 14.2. The molecule has 1 aliphatic carbocycles. The average Bonchev–Trinajstić information content (AvgIpc) is 3.72. The number of sulfonamides is 1. The normalized spacial score (nSPS) is 19.2. The van der Waals surface area contributed by atoms with Crippen LogP contribution in [0.1, 0.15) is 55.2 Å². The van der Waals surface area contributed by atoms with Gasteiger partial charge in [0.15, 0.2) is 0 Å². The molecule has 10 nitrogen and oxygen atoms in total. The van der Waals surface area contributed by atoms with Crippen molar-refractivity contribution in [1.29, 1.82) is 0 Å². The number of benzene rings is 4. The van der Waals surface area contributed by atoms with Crippen molar-refractivity contribution < 1.29 is 18.0 Å². The topological polar surface area (TPSA) is 137 Å². The van der Waals surface area contributed by atoms with Crippen molar-refractivity contribution in [2.75, 3.05) is 40.3 Å². The van der Waals surface area contributed by atoms with Crippen LogP contribution in [0.5, 0.6) is 0 Å². The molecule has 1 saturated carbocycles. The van der Waals surface area contributed by atoms with Crippen LogP contribution in [0, 0.1) is 11.8 Å². The number of hydrogen-bond acceptors (Lipinski definition) is 6. The van der Waals surface area contributed by atoms with Crippen LogP contribution in [0.25, 0.3) is 10.8 Å². The van der Waals surface area contributed by atoms with Gasteiger partial charge < -0.3 is 20.9 Å². The van der Waals surface area contributed by atoms with E-state index in [1.165, 1.54) is 25.7 Å². The summed E-state index contributed by atoms with van der Waals surface area (Å²) in [5.74, 6) is 1.06. The molecule has 0 unspecified atom stereocenters. The molecule has 0 spiro atoms. The summed E-state index contributed by atoms with van der Waals surface area (Å²) in [5.41, 5.74) is 8.89. The number of carbonyl (C=O) groups excluding carboxylic acids is 2. The van der Waals surface area contributed by atoms with Crippen molar-refractivity contribution >= 4 is 38.4 Å². The number of nitrogens with two attached hydrogens (primary N) is 1. The van der Waals surface area contributed by atoms with Crippen LogP contribution in [0.4, 0.5) is 0 Å². The molecule has 2 amide bonds. The summed E-state index contributed by atoms with van der Waals surface area (Å²) in [4.78, 5) is 36.9. The van der Waals surface area contributed by atoms with E-state index in [1.54, 1.807) is 23.1 Å². The van der Waals surface area contributed by atoms with E-state index < -0.39 is 28.0 Å². The molecule has 6 rings (SSSR count). The summed E-state index contributed by atoms with van der Waals surface area (Å²) >= 11 is 0. The fourth-order valence-electron chi connectivity index (χ4n) is 7.74. The SMILES string of the molecule is CN(C)CC1CCC(CN=C(N)c2ccc(C[C@@H](NC(=O)[C@H](Cc3ccccc3)NS(=O)(=O)c3ccc4ccccc4c3)C(=O)N3CCCC3)cc2)CC1. The van der Waals surface area contributed by atoms with Crippen LogP contribution in [-0.4, -0.2) is 88.2 Å². The van der Waals surface area contributed by atoms with Gasteiger partial charge in [-0.1, -0.05) is 84.9 Å². The quantitative estimate of drug-likeness (QED) is 0.114. The highest BCUT2D eigenvalue weighted by molar-refractivity contribution is 7.89. The maximum absolute atomic E-state index is 14.2. The molecule has 2 fully saturated rings. The van der Waals surface area contributed by atoms with Crippen molar-refractivity contribution in [3.05, 3.63) is 114 Å². The predicted molar refractivity (Wildman–Crippen MR) is 216 cm³/mol. The molecule has 4 aromatic rings. The third-order valence-corrected chi connectivity index (χ3v) is 12.2. The zero-order valence-electron chi connectivity index (χ0n) is 31.5. The number of amidine groups is 1. The second kappa shape index (κ2) is 18.2. The molecule has 2 atom stereocenters. The first-order valence-electron chi connectivity index (χ1n) is 19.2. The second-order valence-corrected chi connectivity index (χ2v) is 17.0. The molecule has 54 heavy (non-hydrogen) atoms. The van der Waals surface area contributed by atoms with Gasteiger partial charge in [0.25, 0.3) is 0 Å². The largest absolute Gasteiger partial charge is 0.384 e. The molecule has 2 aliphatic rings. The van der Waals surface area contributed by atoms with Gasteiger partial charge in [-0.05, 0) is 105 Å². The molecule has 286 valence electrons. The molecule has 0 radical (unpaired) electrons. The molecule has 11 heteroatoms. The Bertz CT molecular complexity index is 2000. The zero-order valence-corrected chi connectivity index (χ0v) is 32.3. The van der Waals surface area contributed by atoms with Crippen LogP contribution in [0.15, 0.2) is 107 Å². The van der Waals surface area contributed by atoms with Gasteiger partial charge in [-0.15, -0.1) is 0 Å². The summed E-state index contributed by atoms with van der Waals surface area (Å²) in [7, 11) is 0.156. The third-order valence-electron chi connectivity index (χ3n) is 10.8. The Kier molecular flexibility index (Phi) is 13.2. The fraction of sp³-hybridized carbons (Fsp3) is 0.419. The van der Waals surface area contributed by atoms with Gasteiger partial charge in [0.2, 0.25) is 21.8 Å². The van der Waals surface area contributed by atoms with E-state index in [0.29, 0.717) is 24.8 Å². The van der Waals surface area contributed by atoms with Crippen LogP contribution >= 0.6 is 0 Å². The zero-order chi connectivity index (χ0) is 38.1. The number of fused-ring (bicyclic) bond motifs is 1. The highest BCUT2D eigenvalue weighted by atomic mass is 32.2. The van der Waals surface area contributed by atoms with Crippen LogP contribution < -0.4 is 15.8 Å². The molecular formula is C43H54N6O4S. The molecule has 1 aliphatic heterocycles. The lowest BCUT2D eigenvalue weighted by molar-refractivity contribution is -0.136. The minimum absolute atomic E-state index is 0.0621. The summed E-state index contributed by atoms with van der Waals surface area (Å²) in [5, 5.41) is 4.65. The summed E-state index contributed by atoms with van der Waals surface area (Å²) in [6.07, 6.45) is 6.94. The molecule has 4 aromatic carbocycles. The smallest absolute Gasteiger partial charge is 0.245 e. The molecule has 0 bridgehead atoms. The molecule has 4 N–H and O–H groups in total. The third kappa shape index (κ3) is 10.5. The van der Waals surface area contributed by atoms with Crippen molar-refractivity contribution in [2.24, 2.45) is 22.6 Å². The summed E-state index contributed by atoms with van der Waals surface area (Å²) in [6.45, 7) is 3.10. The van der Waals surface area contributed by atoms with Gasteiger partial charge in [0.1, 0.15) is 17.9 Å². The van der Waals surface area contributed by atoms with Gasteiger partial charge in [0, 0.05) is 38.2 Å². The minimum atomic E-state index is -4.11. The number of aliphatic imine (C=N–C) groups is 1. The number of nitrogens with one attached hydrogen (secondary N) is 2. The predicted octanol–water partition coefficient (Wildman–Crippen LogP) is 5.15. The Morgan fingerprint density at radius 3 is 2.09 bits per heavy atom. The molecule has 1 saturated heterocycles. The van der Waals surface area contributed by atoms with E-state index in [0.717, 1.165) is 59.3 Å². The molecule has 0 aromatic heterocycles. The van der Waals surface area contributed by atoms with Crippen molar-refractivity contribution in [3.63, 3.8) is 0 Å². The first-order valence-corrected chi connectivity index (χ1v) is 20.7. The number of rotatable bonds is 15. The van der Waals surface area contributed by atoms with Gasteiger partial charge in [-0.2, -0.15) is 4.72 Å². The Morgan fingerprint density at radius 2 is 1.41 bits per heavy atom. The minimum Gasteiger partial charge on any atom is -0.384 e. The highest BCUT2D eigenvalue weighted by Gasteiger charge is 2.33. The first-order chi connectivity index (χ1) is 26.0. The lowest BCUT2D eigenvalue weighted by atomic mass is 9.82. The van der Waals surface area contributed by atoms with E-state index in [-0.39, 0.29) is 23.6 Å². The maximum Gasteiger partial charge on any atom is 0.245 e. The Morgan fingerprint density at radius 1 is 0.796 bits per heavy atom. The van der Waals surface area contributed by atoms with Gasteiger partial charge >= 0.3 is 0 Å². The lowest BCUT2D eigenvalue weighted by Gasteiger charge is -2.29. The van der Waals surface area contributed by atoms with Gasteiger partial charge in [-0.25, -0.2) is 8.42 Å². The van der Waals surface area contributed by atoms with Crippen molar-refractivity contribution in [1.82, 2.24) is 19.8 Å². The van der Waals surface area contributed by atoms with Crippen molar-refractivity contribution in [2.45, 2.75) is 68.3 Å². The molecule has 1 heterocycles. The number of carbonyl (C=O) groups is 2. The van der Waals surface area contributed by atoms with E-state index >= 15 is 0 Å².